The number of carbonyl (C=O) groups is 2. The highest BCUT2D eigenvalue weighted by atomic mass is 35.5. The second-order valence-electron chi connectivity index (χ2n) is 6.91. The van der Waals surface area contributed by atoms with Crippen molar-refractivity contribution in [2.24, 2.45) is 0 Å². The minimum atomic E-state index is 0.0214. The Hall–Kier alpha value is -2.77. The van der Waals surface area contributed by atoms with Crippen LogP contribution in [0.15, 0.2) is 36.4 Å². The lowest BCUT2D eigenvalue weighted by Gasteiger charge is -2.17. The number of halogens is 1. The van der Waals surface area contributed by atoms with Gasteiger partial charge in [0, 0.05) is 42.2 Å². The molecule has 0 unspecified atom stereocenters. The maximum Gasteiger partial charge on any atom is 0.224 e. The van der Waals surface area contributed by atoms with Crippen molar-refractivity contribution >= 4 is 34.8 Å². The van der Waals surface area contributed by atoms with Crippen LogP contribution in [0.4, 0.5) is 11.4 Å². The fourth-order valence-electron chi connectivity index (χ4n) is 3.18. The number of nitrogens with one attached hydrogen (secondary N) is 2. The van der Waals surface area contributed by atoms with Crippen molar-refractivity contribution in [3.8, 4) is 11.5 Å². The summed E-state index contributed by atoms with van der Waals surface area (Å²) in [5.74, 6) is 1.50. The number of benzene rings is 2. The van der Waals surface area contributed by atoms with Crippen molar-refractivity contribution in [1.82, 2.24) is 0 Å². The minimum Gasteiger partial charge on any atom is -0.508 e. The Kier molecular flexibility index (Phi) is 7.93. The van der Waals surface area contributed by atoms with E-state index in [0.717, 1.165) is 41.1 Å². The van der Waals surface area contributed by atoms with Crippen molar-refractivity contribution in [1.29, 1.82) is 0 Å². The number of rotatable bonds is 6. The zero-order valence-corrected chi connectivity index (χ0v) is 17.3. The summed E-state index contributed by atoms with van der Waals surface area (Å²) in [6.45, 7) is 1.52. The number of aryl methyl sites for hydroxylation is 2. The zero-order valence-electron chi connectivity index (χ0n) is 16.6. The first kappa shape index (κ1) is 21.9. The lowest BCUT2D eigenvalue weighted by molar-refractivity contribution is -0.117. The molecule has 2 aliphatic heterocycles. The van der Waals surface area contributed by atoms with Crippen LogP contribution in [-0.2, 0) is 27.2 Å². The van der Waals surface area contributed by atoms with E-state index in [2.05, 4.69) is 10.6 Å². The Morgan fingerprint density at radius 3 is 2.13 bits per heavy atom. The number of ether oxygens (including phenoxy) is 2. The highest BCUT2D eigenvalue weighted by Crippen LogP contribution is 2.27. The standard InChI is InChI=1S/C13H16ClNO3.C9H9NO2/c14-5-6-17-7-8-18-11-3-1-10-2-4-13(16)15-12(10)9-11;11-7-3-1-6-2-4-9(12)10-8(6)5-7/h1,3,9H,2,4-8H2,(H,15,16);1,3,5,11H,2,4H2,(H,10,12). The van der Waals surface area contributed by atoms with Gasteiger partial charge in [-0.1, -0.05) is 12.1 Å². The molecule has 160 valence electrons. The quantitative estimate of drug-likeness (QED) is 0.479. The Morgan fingerprint density at radius 1 is 0.833 bits per heavy atom. The minimum absolute atomic E-state index is 0.0214. The number of carbonyl (C=O) groups excluding carboxylic acids is 2. The Morgan fingerprint density at radius 2 is 1.47 bits per heavy atom. The highest BCUT2D eigenvalue weighted by molar-refractivity contribution is 6.17. The van der Waals surface area contributed by atoms with Crippen molar-refractivity contribution < 1.29 is 24.2 Å². The van der Waals surface area contributed by atoms with E-state index in [9.17, 15) is 9.59 Å². The third kappa shape index (κ3) is 6.37. The predicted molar refractivity (Wildman–Crippen MR) is 115 cm³/mol. The van der Waals surface area contributed by atoms with Gasteiger partial charge in [0.05, 0.1) is 13.2 Å². The van der Waals surface area contributed by atoms with Crippen molar-refractivity contribution in [2.75, 3.05) is 36.3 Å². The summed E-state index contributed by atoms with van der Waals surface area (Å²) < 4.78 is 10.7. The molecule has 0 spiro atoms. The van der Waals surface area contributed by atoms with E-state index in [1.165, 1.54) is 0 Å². The van der Waals surface area contributed by atoms with Gasteiger partial charge in [-0.25, -0.2) is 0 Å². The van der Waals surface area contributed by atoms with Crippen LogP contribution in [0.2, 0.25) is 0 Å². The molecule has 2 heterocycles. The van der Waals surface area contributed by atoms with Gasteiger partial charge >= 0.3 is 0 Å². The first-order chi connectivity index (χ1) is 14.5. The molecule has 2 aromatic carbocycles. The summed E-state index contributed by atoms with van der Waals surface area (Å²) in [5.41, 5.74) is 3.84. The van der Waals surface area contributed by atoms with Crippen LogP contribution in [-0.4, -0.2) is 42.6 Å². The predicted octanol–water partition coefficient (Wildman–Crippen LogP) is 3.48. The maximum absolute atomic E-state index is 11.3. The van der Waals surface area contributed by atoms with Gasteiger partial charge < -0.3 is 25.2 Å². The summed E-state index contributed by atoms with van der Waals surface area (Å²) in [7, 11) is 0. The molecule has 0 atom stereocenters. The lowest BCUT2D eigenvalue weighted by Crippen LogP contribution is -2.19. The number of amides is 2. The van der Waals surface area contributed by atoms with Gasteiger partial charge in [0.15, 0.2) is 0 Å². The fourth-order valence-corrected chi connectivity index (χ4v) is 3.28. The number of hydrogen-bond acceptors (Lipinski definition) is 5. The highest BCUT2D eigenvalue weighted by Gasteiger charge is 2.15. The van der Waals surface area contributed by atoms with Gasteiger partial charge in [-0.3, -0.25) is 9.59 Å². The van der Waals surface area contributed by atoms with Crippen molar-refractivity contribution in [2.45, 2.75) is 25.7 Å². The van der Waals surface area contributed by atoms with Crippen LogP contribution in [0.3, 0.4) is 0 Å². The molecule has 0 bridgehead atoms. The van der Waals surface area contributed by atoms with E-state index in [-0.39, 0.29) is 17.6 Å². The normalized spacial score (nSPS) is 14.4. The first-order valence-corrected chi connectivity index (χ1v) is 10.4. The van der Waals surface area contributed by atoms with Crippen LogP contribution in [0.1, 0.15) is 24.0 Å². The van der Waals surface area contributed by atoms with Crippen molar-refractivity contribution in [3.05, 3.63) is 47.5 Å². The third-order valence-electron chi connectivity index (χ3n) is 4.68. The molecule has 7 nitrogen and oxygen atoms in total. The SMILES string of the molecule is O=C1CCc2ccc(O)cc2N1.O=C1CCc2ccc(OCCOCCCl)cc2N1. The topological polar surface area (TPSA) is 96.9 Å². The van der Waals surface area contributed by atoms with Crippen molar-refractivity contribution in [3.63, 3.8) is 0 Å². The summed E-state index contributed by atoms with van der Waals surface area (Å²) in [5, 5.41) is 14.7. The Bertz CT molecular complexity index is 903. The fraction of sp³-hybridized carbons (Fsp3) is 0.364. The molecule has 8 heteroatoms. The zero-order chi connectivity index (χ0) is 21.3. The maximum atomic E-state index is 11.3. The molecule has 2 aliphatic rings. The summed E-state index contributed by atoms with van der Waals surface area (Å²) in [4.78, 5) is 22.2. The first-order valence-electron chi connectivity index (χ1n) is 9.86. The van der Waals surface area contributed by atoms with Crippen LogP contribution >= 0.6 is 11.6 Å². The monoisotopic (exact) mass is 432 g/mol. The average molecular weight is 433 g/mol. The second-order valence-corrected chi connectivity index (χ2v) is 7.28. The number of phenols is 1. The molecule has 0 aromatic heterocycles. The molecule has 2 aromatic rings. The van der Waals surface area contributed by atoms with Crippen LogP contribution < -0.4 is 15.4 Å². The average Bonchev–Trinajstić information content (AvgIpc) is 2.73. The summed E-state index contributed by atoms with van der Waals surface area (Å²) in [6.07, 6.45) is 2.65. The van der Waals surface area contributed by atoms with Gasteiger partial charge in [0.2, 0.25) is 11.8 Å². The van der Waals surface area contributed by atoms with Crippen LogP contribution in [0, 0.1) is 0 Å². The van der Waals surface area contributed by atoms with E-state index in [4.69, 9.17) is 26.2 Å². The number of aromatic hydroxyl groups is 1. The van der Waals surface area contributed by atoms with Crippen LogP contribution in [0.5, 0.6) is 11.5 Å². The molecule has 30 heavy (non-hydrogen) atoms. The number of fused-ring (bicyclic) bond motifs is 2. The third-order valence-corrected chi connectivity index (χ3v) is 4.84. The molecular weight excluding hydrogens is 408 g/mol. The molecule has 0 radical (unpaired) electrons. The molecule has 2 amide bonds. The molecule has 0 aliphatic carbocycles. The summed E-state index contributed by atoms with van der Waals surface area (Å²) in [6, 6.07) is 10.8. The number of hydrogen-bond donors (Lipinski definition) is 3. The number of alkyl halides is 1. The molecule has 0 saturated heterocycles. The number of phenolic OH excluding ortho intramolecular Hbond substituents is 1. The molecular formula is C22H25ClN2O5. The van der Waals surface area contributed by atoms with E-state index < -0.39 is 0 Å². The van der Waals surface area contributed by atoms with E-state index in [0.29, 0.717) is 38.5 Å². The van der Waals surface area contributed by atoms with Gasteiger partial charge in [0.1, 0.15) is 18.1 Å². The Labute approximate surface area is 180 Å². The van der Waals surface area contributed by atoms with Gasteiger partial charge in [-0.05, 0) is 36.1 Å². The van der Waals surface area contributed by atoms with Gasteiger partial charge in [0.25, 0.3) is 0 Å². The smallest absolute Gasteiger partial charge is 0.224 e. The largest absolute Gasteiger partial charge is 0.508 e. The van der Waals surface area contributed by atoms with Crippen LogP contribution in [0.25, 0.3) is 0 Å². The van der Waals surface area contributed by atoms with E-state index >= 15 is 0 Å². The molecule has 3 N–H and O–H groups in total. The number of anilines is 2. The van der Waals surface area contributed by atoms with E-state index in [1.807, 2.05) is 24.3 Å². The van der Waals surface area contributed by atoms with E-state index in [1.54, 1.807) is 12.1 Å². The van der Waals surface area contributed by atoms with Gasteiger partial charge in [-0.2, -0.15) is 0 Å². The molecule has 4 rings (SSSR count). The molecule has 0 saturated carbocycles. The lowest BCUT2D eigenvalue weighted by atomic mass is 10.0. The summed E-state index contributed by atoms with van der Waals surface area (Å²) >= 11 is 5.48. The van der Waals surface area contributed by atoms with Gasteiger partial charge in [-0.15, -0.1) is 11.6 Å². The second kappa shape index (κ2) is 10.8. The Balaban J connectivity index is 0.000000184. The molecule has 0 fully saturated rings.